The summed E-state index contributed by atoms with van der Waals surface area (Å²) in [6.45, 7) is 3.29. The molecule has 0 aliphatic carbocycles. The molecular formula is C16H12ClF3O. The molecule has 0 aliphatic rings. The Kier molecular flexibility index (Phi) is 4.10. The van der Waals surface area contributed by atoms with Gasteiger partial charge < -0.3 is 0 Å². The Morgan fingerprint density at radius 3 is 2.19 bits per heavy atom. The quantitative estimate of drug-likeness (QED) is 0.696. The Bertz CT molecular complexity index is 705. The van der Waals surface area contributed by atoms with Crippen molar-refractivity contribution in [2.75, 3.05) is 0 Å². The van der Waals surface area contributed by atoms with E-state index in [2.05, 4.69) is 0 Å². The average molecular weight is 313 g/mol. The summed E-state index contributed by atoms with van der Waals surface area (Å²) in [7, 11) is 0. The fourth-order valence-corrected chi connectivity index (χ4v) is 2.16. The molecule has 0 aliphatic heterocycles. The highest BCUT2D eigenvalue weighted by atomic mass is 35.5. The lowest BCUT2D eigenvalue weighted by molar-refractivity contribution is -0.137. The minimum absolute atomic E-state index is 0.239. The summed E-state index contributed by atoms with van der Waals surface area (Å²) in [5, 5.41) is 0.449. The molecule has 0 bridgehead atoms. The number of hydrogen-bond acceptors (Lipinski definition) is 1. The van der Waals surface area contributed by atoms with Crippen molar-refractivity contribution in [1.82, 2.24) is 0 Å². The molecule has 2 rings (SSSR count). The Hall–Kier alpha value is -1.81. The highest BCUT2D eigenvalue weighted by Gasteiger charge is 2.31. The van der Waals surface area contributed by atoms with Gasteiger partial charge in [-0.2, -0.15) is 13.2 Å². The zero-order valence-corrected chi connectivity index (χ0v) is 12.1. The Labute approximate surface area is 125 Å². The molecule has 0 saturated carbocycles. The summed E-state index contributed by atoms with van der Waals surface area (Å²) in [5.74, 6) is -0.344. The Morgan fingerprint density at radius 2 is 1.67 bits per heavy atom. The minimum atomic E-state index is -4.42. The standard InChI is InChI=1S/C16H12ClF3O/c1-9-3-4-11(8-14(9)17)15(21)13-6-5-12(7-10(13)2)16(18,19)20/h3-8H,1-2H3. The first-order chi connectivity index (χ1) is 9.70. The van der Waals surface area contributed by atoms with Gasteiger partial charge in [0, 0.05) is 16.1 Å². The van der Waals surface area contributed by atoms with Crippen LogP contribution in [-0.4, -0.2) is 5.78 Å². The molecule has 110 valence electrons. The minimum Gasteiger partial charge on any atom is -0.289 e. The van der Waals surface area contributed by atoms with Crippen molar-refractivity contribution in [3.63, 3.8) is 0 Å². The van der Waals surface area contributed by atoms with E-state index in [4.69, 9.17) is 11.6 Å². The Morgan fingerprint density at radius 1 is 1.00 bits per heavy atom. The van der Waals surface area contributed by atoms with Gasteiger partial charge in [-0.25, -0.2) is 0 Å². The maximum Gasteiger partial charge on any atom is 0.416 e. The zero-order chi connectivity index (χ0) is 15.8. The topological polar surface area (TPSA) is 17.1 Å². The third-order valence-corrected chi connectivity index (χ3v) is 3.64. The second-order valence-electron chi connectivity index (χ2n) is 4.82. The number of rotatable bonds is 2. The number of benzene rings is 2. The number of ketones is 1. The van der Waals surface area contributed by atoms with E-state index in [1.54, 1.807) is 19.1 Å². The highest BCUT2D eigenvalue weighted by molar-refractivity contribution is 6.31. The van der Waals surface area contributed by atoms with Crippen molar-refractivity contribution in [3.05, 3.63) is 69.2 Å². The van der Waals surface area contributed by atoms with E-state index in [0.717, 1.165) is 17.7 Å². The molecule has 1 nitrogen and oxygen atoms in total. The number of alkyl halides is 3. The summed E-state index contributed by atoms with van der Waals surface area (Å²) in [6, 6.07) is 7.93. The summed E-state index contributed by atoms with van der Waals surface area (Å²) in [4.78, 5) is 12.4. The van der Waals surface area contributed by atoms with Gasteiger partial charge in [-0.1, -0.05) is 29.8 Å². The van der Waals surface area contributed by atoms with Crippen molar-refractivity contribution in [2.45, 2.75) is 20.0 Å². The van der Waals surface area contributed by atoms with E-state index in [1.807, 2.05) is 0 Å². The van der Waals surface area contributed by atoms with Crippen molar-refractivity contribution < 1.29 is 18.0 Å². The van der Waals surface area contributed by atoms with Crippen LogP contribution in [0.2, 0.25) is 5.02 Å². The van der Waals surface area contributed by atoms with Crippen LogP contribution in [0.3, 0.4) is 0 Å². The molecule has 0 amide bonds. The summed E-state index contributed by atoms with van der Waals surface area (Å²) < 4.78 is 37.9. The van der Waals surface area contributed by atoms with Crippen LogP contribution in [0.1, 0.15) is 32.6 Å². The molecule has 0 fully saturated rings. The zero-order valence-electron chi connectivity index (χ0n) is 11.4. The van der Waals surface area contributed by atoms with Crippen LogP contribution in [0.5, 0.6) is 0 Å². The lowest BCUT2D eigenvalue weighted by atomic mass is 9.96. The van der Waals surface area contributed by atoms with Crippen molar-refractivity contribution in [3.8, 4) is 0 Å². The number of hydrogen-bond donors (Lipinski definition) is 0. The maximum atomic E-state index is 12.6. The van der Waals surface area contributed by atoms with Gasteiger partial charge in [-0.3, -0.25) is 4.79 Å². The highest BCUT2D eigenvalue weighted by Crippen LogP contribution is 2.31. The predicted molar refractivity (Wildman–Crippen MR) is 75.8 cm³/mol. The molecule has 5 heteroatoms. The molecule has 21 heavy (non-hydrogen) atoms. The van der Waals surface area contributed by atoms with E-state index < -0.39 is 11.7 Å². The average Bonchev–Trinajstić information content (AvgIpc) is 2.40. The third kappa shape index (κ3) is 3.27. The summed E-state index contributed by atoms with van der Waals surface area (Å²) >= 11 is 5.97. The van der Waals surface area contributed by atoms with Crippen LogP contribution in [0.15, 0.2) is 36.4 Å². The maximum absolute atomic E-state index is 12.6. The first-order valence-electron chi connectivity index (χ1n) is 6.19. The van der Waals surface area contributed by atoms with Crippen LogP contribution in [0, 0.1) is 13.8 Å². The van der Waals surface area contributed by atoms with Gasteiger partial charge in [0.2, 0.25) is 0 Å². The van der Waals surface area contributed by atoms with Crippen LogP contribution in [-0.2, 0) is 6.18 Å². The van der Waals surface area contributed by atoms with E-state index in [-0.39, 0.29) is 16.9 Å². The monoisotopic (exact) mass is 312 g/mol. The molecule has 2 aromatic carbocycles. The normalized spacial score (nSPS) is 11.5. The van der Waals surface area contributed by atoms with E-state index in [1.165, 1.54) is 19.1 Å². The van der Waals surface area contributed by atoms with Crippen LogP contribution < -0.4 is 0 Å². The number of halogens is 4. The SMILES string of the molecule is Cc1ccc(C(=O)c2ccc(C(F)(F)F)cc2C)cc1Cl. The number of carbonyl (C=O) groups excluding carboxylic acids is 1. The number of carbonyl (C=O) groups is 1. The second kappa shape index (κ2) is 5.53. The molecule has 0 saturated heterocycles. The predicted octanol–water partition coefficient (Wildman–Crippen LogP) is 5.21. The van der Waals surface area contributed by atoms with Gasteiger partial charge in [-0.05, 0) is 43.2 Å². The summed E-state index contributed by atoms with van der Waals surface area (Å²) in [5.41, 5.74) is 0.943. The van der Waals surface area contributed by atoms with Gasteiger partial charge in [0.15, 0.2) is 5.78 Å². The molecule has 0 aromatic heterocycles. The van der Waals surface area contributed by atoms with Crippen LogP contribution >= 0.6 is 11.6 Å². The molecule has 0 heterocycles. The molecule has 0 radical (unpaired) electrons. The lowest BCUT2D eigenvalue weighted by Gasteiger charge is -2.11. The van der Waals surface area contributed by atoms with E-state index >= 15 is 0 Å². The molecule has 0 N–H and O–H groups in total. The van der Waals surface area contributed by atoms with Crippen LogP contribution in [0.4, 0.5) is 13.2 Å². The second-order valence-corrected chi connectivity index (χ2v) is 5.23. The molecule has 2 aromatic rings. The molecule has 0 spiro atoms. The van der Waals surface area contributed by atoms with Crippen LogP contribution in [0.25, 0.3) is 0 Å². The van der Waals surface area contributed by atoms with E-state index in [0.29, 0.717) is 10.6 Å². The lowest BCUT2D eigenvalue weighted by Crippen LogP contribution is -2.09. The molecular weight excluding hydrogens is 301 g/mol. The molecule has 0 atom stereocenters. The van der Waals surface area contributed by atoms with Crippen molar-refractivity contribution in [1.29, 1.82) is 0 Å². The fraction of sp³-hybridized carbons (Fsp3) is 0.188. The number of aryl methyl sites for hydroxylation is 2. The molecule has 0 unspecified atom stereocenters. The van der Waals surface area contributed by atoms with Gasteiger partial charge >= 0.3 is 6.18 Å². The van der Waals surface area contributed by atoms with Gasteiger partial charge in [0.1, 0.15) is 0 Å². The first-order valence-corrected chi connectivity index (χ1v) is 6.56. The largest absolute Gasteiger partial charge is 0.416 e. The van der Waals surface area contributed by atoms with E-state index in [9.17, 15) is 18.0 Å². The fourth-order valence-electron chi connectivity index (χ4n) is 1.98. The van der Waals surface area contributed by atoms with Gasteiger partial charge in [0.05, 0.1) is 5.56 Å². The Balaban J connectivity index is 2.42. The summed E-state index contributed by atoms with van der Waals surface area (Å²) in [6.07, 6.45) is -4.42. The van der Waals surface area contributed by atoms with Crippen molar-refractivity contribution in [2.24, 2.45) is 0 Å². The van der Waals surface area contributed by atoms with Crippen molar-refractivity contribution >= 4 is 17.4 Å². The first kappa shape index (κ1) is 15.6. The smallest absolute Gasteiger partial charge is 0.289 e. The third-order valence-electron chi connectivity index (χ3n) is 3.23. The van der Waals surface area contributed by atoms with Gasteiger partial charge in [0.25, 0.3) is 0 Å². The van der Waals surface area contributed by atoms with Gasteiger partial charge in [-0.15, -0.1) is 0 Å².